The van der Waals surface area contributed by atoms with Gasteiger partial charge >= 0.3 is 6.03 Å². The molecular formula is C22H18N4O6. The zero-order valence-electron chi connectivity index (χ0n) is 16.9. The molecule has 0 bridgehead atoms. The zero-order chi connectivity index (χ0) is 22.5. The molecule has 1 fully saturated rings. The number of imide groups is 1. The van der Waals surface area contributed by atoms with Crippen LogP contribution in [-0.4, -0.2) is 28.7 Å². The molecule has 0 saturated carbocycles. The summed E-state index contributed by atoms with van der Waals surface area (Å²) in [7, 11) is 1.53. The summed E-state index contributed by atoms with van der Waals surface area (Å²) >= 11 is 0. The van der Waals surface area contributed by atoms with Crippen molar-refractivity contribution >= 4 is 33.7 Å². The number of nitrogens with zero attached hydrogens (tertiary/aromatic N) is 2. The van der Waals surface area contributed by atoms with Crippen LogP contribution in [0.25, 0.3) is 21.7 Å². The first-order chi connectivity index (χ1) is 15.4. The van der Waals surface area contributed by atoms with Crippen molar-refractivity contribution < 1.29 is 23.8 Å². The van der Waals surface area contributed by atoms with Crippen LogP contribution in [-0.2, 0) is 23.4 Å². The molecule has 3 N–H and O–H groups in total. The van der Waals surface area contributed by atoms with E-state index in [9.17, 15) is 19.6 Å². The van der Waals surface area contributed by atoms with Gasteiger partial charge in [-0.05, 0) is 42.0 Å². The number of carbonyl (C=O) groups is 2. The minimum atomic E-state index is -1.59. The molecule has 10 nitrogen and oxygen atoms in total. The molecule has 162 valence electrons. The first kappa shape index (κ1) is 19.6. The Balaban J connectivity index is 1.62. The summed E-state index contributed by atoms with van der Waals surface area (Å²) in [5.41, 5.74) is -0.415. The maximum absolute atomic E-state index is 13.0. The van der Waals surface area contributed by atoms with Crippen molar-refractivity contribution in [2.75, 3.05) is 7.11 Å². The number of fused-ring (bicyclic) bond motifs is 2. The van der Waals surface area contributed by atoms with E-state index in [1.54, 1.807) is 48.7 Å². The number of aromatic nitrogens is 1. The topological polar surface area (TPSA) is 135 Å². The number of furan rings is 1. The number of nitrogens with one attached hydrogen (secondary N) is 2. The number of hydrogen-bond acceptors (Lipinski definition) is 7. The standard InChI is InChI=1S/C22H18N4O6/c1-31-15-4-3-13-10-26(19(27)16(13)8-15)11-22(20(28)24-21(29)25-22)18-7-14-6-12(9-23-30)2-5-17(14)32-18/h2-8,10,27H,9,11H2,1H3,(H2,24,25,28,29)/t22-/m0/s1. The summed E-state index contributed by atoms with van der Waals surface area (Å²) < 4.78 is 12.6. The number of amides is 3. The Morgan fingerprint density at radius 2 is 2.00 bits per heavy atom. The third-order valence-corrected chi connectivity index (χ3v) is 5.67. The van der Waals surface area contributed by atoms with Gasteiger partial charge < -0.3 is 24.1 Å². The van der Waals surface area contributed by atoms with Crippen molar-refractivity contribution in [2.45, 2.75) is 18.6 Å². The average Bonchev–Trinajstić information content (AvgIpc) is 3.42. The van der Waals surface area contributed by atoms with Crippen molar-refractivity contribution in [3.63, 3.8) is 0 Å². The summed E-state index contributed by atoms with van der Waals surface area (Å²) in [5.74, 6) is 0.0839. The summed E-state index contributed by atoms with van der Waals surface area (Å²) in [6.07, 6.45) is 1.68. The maximum Gasteiger partial charge on any atom is 0.322 e. The molecular weight excluding hydrogens is 416 g/mol. The van der Waals surface area contributed by atoms with Gasteiger partial charge in [0.15, 0.2) is 11.4 Å². The molecule has 10 heteroatoms. The molecule has 0 unspecified atom stereocenters. The van der Waals surface area contributed by atoms with Crippen molar-refractivity contribution in [1.82, 2.24) is 15.2 Å². The Labute approximate surface area is 180 Å². The Kier molecular flexibility index (Phi) is 4.36. The number of benzene rings is 2. The van der Waals surface area contributed by atoms with E-state index in [4.69, 9.17) is 9.15 Å². The first-order valence-electron chi connectivity index (χ1n) is 9.75. The van der Waals surface area contributed by atoms with Gasteiger partial charge in [-0.2, -0.15) is 4.91 Å². The largest absolute Gasteiger partial charge is 0.497 e. The molecule has 3 heterocycles. The molecule has 2 aromatic carbocycles. The van der Waals surface area contributed by atoms with E-state index in [0.717, 1.165) is 5.39 Å². The molecule has 0 spiro atoms. The second-order valence-corrected chi connectivity index (χ2v) is 7.62. The Hall–Kier alpha value is -4.34. The summed E-state index contributed by atoms with van der Waals surface area (Å²) in [4.78, 5) is 35.7. The Morgan fingerprint density at radius 3 is 2.72 bits per heavy atom. The van der Waals surface area contributed by atoms with Crippen molar-refractivity contribution in [3.8, 4) is 11.6 Å². The molecule has 1 saturated heterocycles. The first-order valence-corrected chi connectivity index (χ1v) is 9.75. The van der Waals surface area contributed by atoms with Gasteiger partial charge in [0.1, 0.15) is 23.6 Å². The number of rotatable bonds is 6. The third kappa shape index (κ3) is 2.96. The minimum absolute atomic E-state index is 0.00606. The van der Waals surface area contributed by atoms with E-state index >= 15 is 0 Å². The fourth-order valence-electron chi connectivity index (χ4n) is 4.06. The summed E-state index contributed by atoms with van der Waals surface area (Å²) in [5, 5.41) is 20.5. The fraction of sp³-hybridized carbons (Fsp3) is 0.182. The monoisotopic (exact) mass is 434 g/mol. The minimum Gasteiger partial charge on any atom is -0.497 e. The predicted octanol–water partition coefficient (Wildman–Crippen LogP) is 3.10. The van der Waals surface area contributed by atoms with Gasteiger partial charge in [-0.1, -0.05) is 11.2 Å². The highest BCUT2D eigenvalue weighted by Crippen LogP contribution is 2.36. The zero-order valence-corrected chi connectivity index (χ0v) is 16.9. The number of urea groups is 1. The second-order valence-electron chi connectivity index (χ2n) is 7.62. The van der Waals surface area contributed by atoms with Crippen LogP contribution in [0.5, 0.6) is 11.6 Å². The molecule has 32 heavy (non-hydrogen) atoms. The molecule has 0 aliphatic carbocycles. The average molecular weight is 434 g/mol. The lowest BCUT2D eigenvalue weighted by molar-refractivity contribution is -0.125. The molecule has 4 aromatic rings. The highest BCUT2D eigenvalue weighted by Gasteiger charge is 2.51. The SMILES string of the molecule is COc1ccc2cn(C[C@@]3(c4cc5cc(CN=O)ccc5o4)NC(=O)NC3=O)c(O)c2c1. The van der Waals surface area contributed by atoms with Crippen LogP contribution >= 0.6 is 0 Å². The molecule has 1 aliphatic rings. The van der Waals surface area contributed by atoms with Crippen molar-refractivity contribution in [1.29, 1.82) is 0 Å². The van der Waals surface area contributed by atoms with Crippen LogP contribution in [0.2, 0.25) is 0 Å². The van der Waals surface area contributed by atoms with Crippen molar-refractivity contribution in [3.05, 3.63) is 64.9 Å². The number of ether oxygens (including phenoxy) is 1. The lowest BCUT2D eigenvalue weighted by Crippen LogP contribution is -2.47. The van der Waals surface area contributed by atoms with E-state index in [-0.39, 0.29) is 24.7 Å². The lowest BCUT2D eigenvalue weighted by atomic mass is 9.95. The van der Waals surface area contributed by atoms with Crippen LogP contribution in [0.1, 0.15) is 11.3 Å². The van der Waals surface area contributed by atoms with Gasteiger partial charge in [0.25, 0.3) is 5.91 Å². The molecule has 1 atom stereocenters. The predicted molar refractivity (Wildman–Crippen MR) is 114 cm³/mol. The van der Waals surface area contributed by atoms with Crippen molar-refractivity contribution in [2.24, 2.45) is 5.18 Å². The third-order valence-electron chi connectivity index (χ3n) is 5.67. The van der Waals surface area contributed by atoms with E-state index in [1.807, 2.05) is 0 Å². The smallest absolute Gasteiger partial charge is 0.322 e. The number of aromatic hydroxyl groups is 1. The van der Waals surface area contributed by atoms with Gasteiger partial charge in [0.05, 0.1) is 13.7 Å². The quantitative estimate of drug-likeness (QED) is 0.315. The van der Waals surface area contributed by atoms with Gasteiger partial charge in [-0.15, -0.1) is 0 Å². The second kappa shape index (κ2) is 7.12. The lowest BCUT2D eigenvalue weighted by Gasteiger charge is -2.24. The Morgan fingerprint density at radius 1 is 1.16 bits per heavy atom. The number of nitroso groups, excluding NO2 is 1. The molecule has 0 radical (unpaired) electrons. The van der Waals surface area contributed by atoms with Gasteiger partial charge in [0, 0.05) is 22.4 Å². The van der Waals surface area contributed by atoms with Gasteiger partial charge in [-0.25, -0.2) is 4.79 Å². The highest BCUT2D eigenvalue weighted by atomic mass is 16.5. The molecule has 3 amide bonds. The van der Waals surface area contributed by atoms with E-state index < -0.39 is 17.5 Å². The molecule has 1 aliphatic heterocycles. The van der Waals surface area contributed by atoms with Crippen LogP contribution in [0.15, 0.2) is 58.3 Å². The number of carbonyl (C=O) groups excluding carboxylic acids is 2. The Bertz CT molecular complexity index is 1400. The van der Waals surface area contributed by atoms with Gasteiger partial charge in [-0.3, -0.25) is 10.1 Å². The van der Waals surface area contributed by atoms with Crippen LogP contribution in [0, 0.1) is 4.91 Å². The fourth-order valence-corrected chi connectivity index (χ4v) is 4.06. The summed E-state index contributed by atoms with van der Waals surface area (Å²) in [6, 6.07) is 11.3. The molecule has 2 aromatic heterocycles. The van der Waals surface area contributed by atoms with E-state index in [0.29, 0.717) is 27.7 Å². The van der Waals surface area contributed by atoms with Crippen LogP contribution in [0.4, 0.5) is 4.79 Å². The molecule has 5 rings (SSSR count). The van der Waals surface area contributed by atoms with E-state index in [1.165, 1.54) is 11.7 Å². The van der Waals surface area contributed by atoms with Crippen LogP contribution in [0.3, 0.4) is 0 Å². The number of methoxy groups -OCH3 is 1. The highest BCUT2D eigenvalue weighted by molar-refractivity contribution is 6.07. The maximum atomic E-state index is 13.0. The van der Waals surface area contributed by atoms with Crippen LogP contribution < -0.4 is 15.4 Å². The number of hydrogen-bond donors (Lipinski definition) is 3. The normalized spacial score (nSPS) is 18.2. The van der Waals surface area contributed by atoms with Gasteiger partial charge in [0.2, 0.25) is 0 Å². The van der Waals surface area contributed by atoms with E-state index in [2.05, 4.69) is 15.8 Å². The summed E-state index contributed by atoms with van der Waals surface area (Å²) in [6.45, 7) is -0.109.